The summed E-state index contributed by atoms with van der Waals surface area (Å²) in [4.78, 5) is 2.59. The Labute approximate surface area is 178 Å². The fourth-order valence-corrected chi connectivity index (χ4v) is 5.15. The van der Waals surface area contributed by atoms with Gasteiger partial charge in [0.15, 0.2) is 0 Å². The van der Waals surface area contributed by atoms with Crippen molar-refractivity contribution in [3.8, 4) is 5.75 Å². The monoisotopic (exact) mass is 401 g/mol. The summed E-state index contributed by atoms with van der Waals surface area (Å²) in [5.74, 6) is 0.294. The molecule has 0 radical (unpaired) electrons. The summed E-state index contributed by atoms with van der Waals surface area (Å²) in [5.41, 5.74) is 6.05. The lowest BCUT2D eigenvalue weighted by Gasteiger charge is -2.40. The van der Waals surface area contributed by atoms with Crippen LogP contribution in [-0.2, 0) is 25.0 Å². The van der Waals surface area contributed by atoms with Crippen LogP contribution in [0.2, 0.25) is 0 Å². The second-order valence-corrected chi connectivity index (χ2v) is 8.78. The second-order valence-electron chi connectivity index (χ2n) is 8.78. The van der Waals surface area contributed by atoms with E-state index in [4.69, 9.17) is 4.74 Å². The van der Waals surface area contributed by atoms with Gasteiger partial charge in [0.25, 0.3) is 0 Å². The maximum atomic E-state index is 13.3. The van der Waals surface area contributed by atoms with Crippen molar-refractivity contribution in [2.24, 2.45) is 0 Å². The van der Waals surface area contributed by atoms with Gasteiger partial charge >= 0.3 is 0 Å². The van der Waals surface area contributed by atoms with E-state index in [9.17, 15) is 4.39 Å². The number of rotatable bonds is 5. The number of hydrogen-bond donors (Lipinski definition) is 0. The zero-order valence-electron chi connectivity index (χ0n) is 17.3. The van der Waals surface area contributed by atoms with Crippen molar-refractivity contribution in [3.05, 3.63) is 101 Å². The molecular weight excluding hydrogens is 373 g/mol. The summed E-state index contributed by atoms with van der Waals surface area (Å²) >= 11 is 0. The molecule has 3 aromatic rings. The van der Waals surface area contributed by atoms with Crippen LogP contribution in [0.25, 0.3) is 0 Å². The molecule has 5 rings (SSSR count). The van der Waals surface area contributed by atoms with E-state index in [1.807, 2.05) is 0 Å². The highest BCUT2D eigenvalue weighted by atomic mass is 19.1. The summed E-state index contributed by atoms with van der Waals surface area (Å²) < 4.78 is 18.9. The molecule has 1 spiro atoms. The standard InChI is InChI=1S/C27H28FNO/c28-24-5-3-6-25(18-24)30-20-22-10-8-21(9-11-22)19-29-16-14-27(15-17-29)13-12-23-4-1-2-7-26(23)27/h1-11,18H,12-17,19-20H2. The van der Waals surface area contributed by atoms with Crippen LogP contribution in [0.3, 0.4) is 0 Å². The van der Waals surface area contributed by atoms with Crippen LogP contribution >= 0.6 is 0 Å². The minimum atomic E-state index is -0.271. The lowest BCUT2D eigenvalue weighted by atomic mass is 9.74. The molecule has 30 heavy (non-hydrogen) atoms. The van der Waals surface area contributed by atoms with E-state index in [-0.39, 0.29) is 5.82 Å². The van der Waals surface area contributed by atoms with Crippen LogP contribution in [0.4, 0.5) is 4.39 Å². The van der Waals surface area contributed by atoms with E-state index < -0.39 is 0 Å². The molecule has 0 amide bonds. The first-order valence-electron chi connectivity index (χ1n) is 11.0. The molecule has 0 atom stereocenters. The molecule has 0 bridgehead atoms. The van der Waals surface area contributed by atoms with Crippen LogP contribution < -0.4 is 4.74 Å². The van der Waals surface area contributed by atoms with Crippen LogP contribution in [0.5, 0.6) is 5.75 Å². The molecule has 0 aromatic heterocycles. The van der Waals surface area contributed by atoms with Crippen molar-refractivity contribution >= 4 is 0 Å². The van der Waals surface area contributed by atoms with Crippen molar-refractivity contribution in [2.75, 3.05) is 13.1 Å². The number of aryl methyl sites for hydroxylation is 1. The van der Waals surface area contributed by atoms with Gasteiger partial charge in [0, 0.05) is 12.6 Å². The van der Waals surface area contributed by atoms with E-state index in [1.54, 1.807) is 23.3 Å². The summed E-state index contributed by atoms with van der Waals surface area (Å²) in [6.45, 7) is 3.79. The maximum absolute atomic E-state index is 13.3. The van der Waals surface area contributed by atoms with Gasteiger partial charge in [-0.15, -0.1) is 0 Å². The predicted octanol–water partition coefficient (Wildman–Crippen LogP) is 5.88. The molecule has 1 heterocycles. The molecule has 154 valence electrons. The first-order valence-corrected chi connectivity index (χ1v) is 11.0. The normalized spacial score (nSPS) is 17.8. The van der Waals surface area contributed by atoms with Gasteiger partial charge in [0.05, 0.1) is 0 Å². The molecule has 0 unspecified atom stereocenters. The minimum Gasteiger partial charge on any atom is -0.489 e. The van der Waals surface area contributed by atoms with Gasteiger partial charge in [-0.3, -0.25) is 4.90 Å². The third-order valence-electron chi connectivity index (χ3n) is 6.91. The average molecular weight is 402 g/mol. The fourth-order valence-electron chi connectivity index (χ4n) is 5.15. The largest absolute Gasteiger partial charge is 0.489 e. The van der Waals surface area contributed by atoms with Gasteiger partial charge < -0.3 is 4.74 Å². The summed E-state index contributed by atoms with van der Waals surface area (Å²) in [5, 5.41) is 0. The molecule has 1 saturated heterocycles. The lowest BCUT2D eigenvalue weighted by molar-refractivity contribution is 0.152. The number of hydrogen-bond acceptors (Lipinski definition) is 2. The highest BCUT2D eigenvalue weighted by Gasteiger charge is 2.40. The van der Waals surface area contributed by atoms with E-state index >= 15 is 0 Å². The van der Waals surface area contributed by atoms with Crippen LogP contribution in [-0.4, -0.2) is 18.0 Å². The van der Waals surface area contributed by atoms with E-state index in [2.05, 4.69) is 53.4 Å². The highest BCUT2D eigenvalue weighted by Crippen LogP contribution is 2.46. The second kappa shape index (κ2) is 8.23. The zero-order valence-corrected chi connectivity index (χ0v) is 17.3. The van der Waals surface area contributed by atoms with Crippen LogP contribution in [0.1, 0.15) is 41.5 Å². The number of piperidine rings is 1. The van der Waals surface area contributed by atoms with E-state index in [0.29, 0.717) is 17.8 Å². The Balaban J connectivity index is 1.15. The summed E-state index contributed by atoms with van der Waals surface area (Å²) in [6.07, 6.45) is 5.10. The number of halogens is 1. The molecule has 1 fully saturated rings. The molecule has 2 aliphatic rings. The Morgan fingerprint density at radius 1 is 0.833 bits per heavy atom. The predicted molar refractivity (Wildman–Crippen MR) is 118 cm³/mol. The average Bonchev–Trinajstić information content (AvgIpc) is 3.13. The van der Waals surface area contributed by atoms with Crippen molar-refractivity contribution in [2.45, 2.75) is 44.2 Å². The van der Waals surface area contributed by atoms with Gasteiger partial charge in [-0.05, 0) is 78.6 Å². The Hall–Kier alpha value is -2.65. The number of fused-ring (bicyclic) bond motifs is 2. The number of benzene rings is 3. The van der Waals surface area contributed by atoms with Crippen LogP contribution in [0.15, 0.2) is 72.8 Å². The lowest BCUT2D eigenvalue weighted by Crippen LogP contribution is -2.41. The number of nitrogens with zero attached hydrogens (tertiary/aromatic N) is 1. The molecule has 3 heteroatoms. The van der Waals surface area contributed by atoms with Gasteiger partial charge in [0.2, 0.25) is 0 Å². The van der Waals surface area contributed by atoms with Gasteiger partial charge in [0.1, 0.15) is 18.2 Å². The Bertz CT molecular complexity index is 1010. The van der Waals surface area contributed by atoms with Crippen molar-refractivity contribution in [1.29, 1.82) is 0 Å². The molecular formula is C27H28FNO. The van der Waals surface area contributed by atoms with Crippen molar-refractivity contribution < 1.29 is 9.13 Å². The molecule has 2 nitrogen and oxygen atoms in total. The van der Waals surface area contributed by atoms with Crippen molar-refractivity contribution in [3.63, 3.8) is 0 Å². The molecule has 0 N–H and O–H groups in total. The zero-order chi connectivity index (χ0) is 20.4. The third kappa shape index (κ3) is 3.99. The van der Waals surface area contributed by atoms with E-state index in [0.717, 1.165) is 12.1 Å². The highest BCUT2D eigenvalue weighted by molar-refractivity contribution is 5.40. The first-order chi connectivity index (χ1) is 14.7. The van der Waals surface area contributed by atoms with E-state index in [1.165, 1.54) is 56.5 Å². The topological polar surface area (TPSA) is 12.5 Å². The van der Waals surface area contributed by atoms with Gasteiger partial charge in [-0.1, -0.05) is 54.6 Å². The summed E-state index contributed by atoms with van der Waals surface area (Å²) in [7, 11) is 0. The Kier molecular flexibility index (Phi) is 5.30. The van der Waals surface area contributed by atoms with Crippen LogP contribution in [0, 0.1) is 5.82 Å². The van der Waals surface area contributed by atoms with Gasteiger partial charge in [-0.2, -0.15) is 0 Å². The molecule has 1 aliphatic heterocycles. The molecule has 0 saturated carbocycles. The third-order valence-corrected chi connectivity index (χ3v) is 6.91. The molecule has 3 aromatic carbocycles. The summed E-state index contributed by atoms with van der Waals surface area (Å²) in [6, 6.07) is 24.0. The SMILES string of the molecule is Fc1cccc(OCc2ccc(CN3CCC4(CCc5ccccc54)CC3)cc2)c1. The first kappa shape index (κ1) is 19.3. The smallest absolute Gasteiger partial charge is 0.126 e. The number of likely N-dealkylation sites (tertiary alicyclic amines) is 1. The quantitative estimate of drug-likeness (QED) is 0.529. The fraction of sp³-hybridized carbons (Fsp3) is 0.333. The maximum Gasteiger partial charge on any atom is 0.126 e. The number of ether oxygens (including phenoxy) is 1. The van der Waals surface area contributed by atoms with Crippen molar-refractivity contribution in [1.82, 2.24) is 4.90 Å². The Morgan fingerprint density at radius 2 is 1.60 bits per heavy atom. The minimum absolute atomic E-state index is 0.271. The molecule has 1 aliphatic carbocycles. The van der Waals surface area contributed by atoms with Gasteiger partial charge in [-0.25, -0.2) is 4.39 Å². The Morgan fingerprint density at radius 3 is 2.40 bits per heavy atom.